The number of fused-ring (bicyclic) bond motifs is 18. The van der Waals surface area contributed by atoms with E-state index >= 15 is 0 Å². The third-order valence-electron chi connectivity index (χ3n) is 21.3. The number of nitrogens with zero attached hydrogens (tertiary/aromatic N) is 1. The maximum Gasteiger partial charge on any atom is 0.188 e. The maximum absolute atomic E-state index is 7.78. The zero-order valence-electron chi connectivity index (χ0n) is 51.8. The smallest absolute Gasteiger partial charge is 0.188 e. The van der Waals surface area contributed by atoms with E-state index in [1.807, 2.05) is 23.5 Å². The van der Waals surface area contributed by atoms with Gasteiger partial charge in [-0.1, -0.05) is 267 Å². The maximum atomic E-state index is 7.78. The van der Waals surface area contributed by atoms with Crippen LogP contribution in [-0.2, 0) is 21.7 Å². The van der Waals surface area contributed by atoms with Gasteiger partial charge in [0.15, 0.2) is 8.07 Å². The van der Waals surface area contributed by atoms with Gasteiger partial charge in [0, 0.05) is 91.7 Å². The molecule has 3 nitrogen and oxygen atoms in total. The highest BCUT2D eigenvalue weighted by Gasteiger charge is 2.52. The Balaban J connectivity index is 0.815. The molecule has 0 bridgehead atoms. The normalized spacial score (nSPS) is 16.5. The average molecular weight is 1210 g/mol. The van der Waals surface area contributed by atoms with E-state index in [1.54, 1.807) is 0 Å². The Morgan fingerprint density at radius 1 is 0.311 bits per heavy atom. The summed E-state index contributed by atoms with van der Waals surface area (Å²) in [4.78, 5) is 7.84. The zero-order chi connectivity index (χ0) is 60.8. The average Bonchev–Trinajstić information content (AvgIpc) is 1.21. The molecule has 0 spiro atoms. The highest BCUT2D eigenvalue weighted by atomic mass is 32.2. The van der Waals surface area contributed by atoms with Crippen LogP contribution in [0.25, 0.3) is 44.5 Å². The van der Waals surface area contributed by atoms with Gasteiger partial charge in [0.2, 0.25) is 0 Å². The molecule has 434 valence electrons. The van der Waals surface area contributed by atoms with Crippen LogP contribution in [0.5, 0.6) is 23.0 Å². The van der Waals surface area contributed by atoms with Gasteiger partial charge >= 0.3 is 0 Å². The van der Waals surface area contributed by atoms with Gasteiger partial charge in [0.1, 0.15) is 23.0 Å². The van der Waals surface area contributed by atoms with Gasteiger partial charge in [-0.25, -0.2) is 0 Å². The number of benzene rings is 12. The van der Waals surface area contributed by atoms with Gasteiger partial charge in [-0.15, -0.1) is 0 Å². The van der Waals surface area contributed by atoms with E-state index in [2.05, 4.69) is 309 Å². The fraction of sp³-hybridized carbons (Fsp3) is 0.143. The first-order valence-electron chi connectivity index (χ1n) is 31.6. The topological polar surface area (TPSA) is 21.7 Å². The molecule has 3 aliphatic carbocycles. The first-order valence-corrected chi connectivity index (χ1v) is 35.3. The first kappa shape index (κ1) is 53.9. The van der Waals surface area contributed by atoms with Crippen LogP contribution in [0.4, 0.5) is 17.1 Å². The van der Waals surface area contributed by atoms with Gasteiger partial charge < -0.3 is 14.4 Å². The molecule has 6 aliphatic rings. The standard InChI is InChI=1S/C84H65NO2S2Si/c1-81(2)60-28-16-15-26-57(60)75-63(81)45-47-73-79(75)87-77-56(27-21-33-72(77)90(73,54-22-11-9-12-23-54)55-24-13-10-14-25-55)50-34-36-51(37-35-50)85(53-39-41-59-67(49-53)84(7,8)64-44-46-71-80(76(59)64)89-70-32-20-19-31-69(70)88-71)52-38-40-58-66(48-52)83(5,6)62-42-43-65-78(74(58)62)86-68-30-18-17-29-61(68)82(65,3)4/h9-49H,1-8H3. The highest BCUT2D eigenvalue weighted by Crippen LogP contribution is 2.62. The second-order valence-electron chi connectivity index (χ2n) is 27.4. The summed E-state index contributed by atoms with van der Waals surface area (Å²) in [5, 5.41) is 5.21. The Morgan fingerprint density at radius 2 is 0.800 bits per heavy atom. The third kappa shape index (κ3) is 7.27. The molecule has 12 aromatic rings. The summed E-state index contributed by atoms with van der Waals surface area (Å²) >= 11 is 3.82. The van der Waals surface area contributed by atoms with Gasteiger partial charge in [-0.2, -0.15) is 0 Å². The minimum absolute atomic E-state index is 0.199. The number of hydrogen-bond donors (Lipinski definition) is 0. The Hall–Kier alpha value is -9.04. The predicted octanol–water partition coefficient (Wildman–Crippen LogP) is 20.3. The lowest BCUT2D eigenvalue weighted by Gasteiger charge is -2.41. The summed E-state index contributed by atoms with van der Waals surface area (Å²) in [7, 11) is -3.05. The van der Waals surface area contributed by atoms with Crippen LogP contribution in [0.2, 0.25) is 0 Å². The van der Waals surface area contributed by atoms with E-state index in [4.69, 9.17) is 9.47 Å². The monoisotopic (exact) mass is 1210 g/mol. The molecule has 0 radical (unpaired) electrons. The number of hydrogen-bond acceptors (Lipinski definition) is 5. The Kier molecular flexibility index (Phi) is 11.4. The number of rotatable bonds is 6. The summed E-state index contributed by atoms with van der Waals surface area (Å²) in [6.07, 6.45) is 0. The van der Waals surface area contributed by atoms with Crippen LogP contribution in [0.1, 0.15) is 99.9 Å². The molecule has 0 aromatic heterocycles. The molecule has 3 aliphatic heterocycles. The predicted molar refractivity (Wildman–Crippen MR) is 376 cm³/mol. The quantitative estimate of drug-likeness (QED) is 0.154. The van der Waals surface area contributed by atoms with Crippen molar-refractivity contribution in [3.63, 3.8) is 0 Å². The molecule has 0 N–H and O–H groups in total. The molecular formula is C84H65NO2S2Si. The lowest BCUT2D eigenvalue weighted by Crippen LogP contribution is -2.76. The van der Waals surface area contributed by atoms with Crippen LogP contribution in [-0.4, -0.2) is 8.07 Å². The SMILES string of the molecule is CC1(C)c2ccccc2Oc2c1ccc1c2-c2ccc(N(c3ccc(-c4cccc5c4Oc4c(ccc6c4-c4ccccc4C6(C)C)[Si]5(c4ccccc4)c4ccccc4)cc3)c3ccc4c(c3)C(C)(C)c3ccc5c(c3-4)Sc3ccccc3S5)cc2C1(C)C. The minimum Gasteiger partial charge on any atom is -0.456 e. The van der Waals surface area contributed by atoms with Gasteiger partial charge in [0.05, 0.1) is 0 Å². The molecule has 3 heterocycles. The van der Waals surface area contributed by atoms with Crippen LogP contribution in [0.15, 0.2) is 268 Å². The Bertz CT molecular complexity index is 5040. The largest absolute Gasteiger partial charge is 0.456 e. The van der Waals surface area contributed by atoms with Crippen molar-refractivity contribution in [1.82, 2.24) is 0 Å². The molecule has 90 heavy (non-hydrogen) atoms. The van der Waals surface area contributed by atoms with E-state index in [0.29, 0.717) is 0 Å². The first-order chi connectivity index (χ1) is 43.6. The lowest BCUT2D eigenvalue weighted by atomic mass is 9.74. The zero-order valence-corrected chi connectivity index (χ0v) is 54.4. The molecule has 6 heteroatoms. The molecule has 0 atom stereocenters. The second-order valence-corrected chi connectivity index (χ2v) is 33.3. The van der Waals surface area contributed by atoms with Crippen LogP contribution < -0.4 is 35.1 Å². The summed E-state index contributed by atoms with van der Waals surface area (Å²) in [6, 6.07) is 94.1. The molecule has 12 aromatic carbocycles. The fourth-order valence-electron chi connectivity index (χ4n) is 16.8. The van der Waals surface area contributed by atoms with E-state index in [0.717, 1.165) is 51.2 Å². The molecule has 0 fully saturated rings. The van der Waals surface area contributed by atoms with Crippen LogP contribution >= 0.6 is 23.5 Å². The molecule has 0 amide bonds. The van der Waals surface area contributed by atoms with Gasteiger partial charge in [0.25, 0.3) is 0 Å². The highest BCUT2D eigenvalue weighted by molar-refractivity contribution is 8.05. The summed E-state index contributed by atoms with van der Waals surface area (Å²) < 4.78 is 14.8. The van der Waals surface area contributed by atoms with Crippen molar-refractivity contribution >= 4 is 69.4 Å². The molecule has 18 rings (SSSR count). The van der Waals surface area contributed by atoms with Crippen molar-refractivity contribution in [1.29, 1.82) is 0 Å². The number of ether oxygens (including phenoxy) is 2. The summed E-state index contributed by atoms with van der Waals surface area (Å²) in [5.74, 6) is 3.83. The molecule has 0 saturated carbocycles. The summed E-state index contributed by atoms with van der Waals surface area (Å²) in [5.41, 5.74) is 22.5. The van der Waals surface area contributed by atoms with E-state index in [-0.39, 0.29) is 21.7 Å². The summed E-state index contributed by atoms with van der Waals surface area (Å²) in [6.45, 7) is 19.0. The molecular weight excluding hydrogens is 1150 g/mol. The van der Waals surface area contributed by atoms with E-state index in [9.17, 15) is 0 Å². The van der Waals surface area contributed by atoms with Crippen molar-refractivity contribution in [2.45, 2.75) is 96.6 Å². The van der Waals surface area contributed by atoms with Crippen molar-refractivity contribution in [2.75, 3.05) is 4.90 Å². The van der Waals surface area contributed by atoms with E-state index in [1.165, 1.54) is 118 Å². The van der Waals surface area contributed by atoms with Gasteiger partial charge in [-0.3, -0.25) is 0 Å². The second kappa shape index (κ2) is 19.0. The Labute approximate surface area is 537 Å². The van der Waals surface area contributed by atoms with E-state index < -0.39 is 8.07 Å². The van der Waals surface area contributed by atoms with Crippen molar-refractivity contribution in [3.05, 3.63) is 293 Å². The fourth-order valence-corrected chi connectivity index (χ4v) is 24.1. The van der Waals surface area contributed by atoms with Crippen LogP contribution in [0.3, 0.4) is 0 Å². The lowest BCUT2D eigenvalue weighted by molar-refractivity contribution is 0.419. The van der Waals surface area contributed by atoms with Crippen molar-refractivity contribution in [3.8, 4) is 67.5 Å². The minimum atomic E-state index is -3.05. The molecule has 0 unspecified atom stereocenters. The van der Waals surface area contributed by atoms with Crippen molar-refractivity contribution in [2.24, 2.45) is 0 Å². The Morgan fingerprint density at radius 3 is 1.49 bits per heavy atom. The third-order valence-corrected chi connectivity index (χ3v) is 28.7. The van der Waals surface area contributed by atoms with Gasteiger partial charge in [-0.05, 0) is 137 Å². The number of anilines is 3. The van der Waals surface area contributed by atoms with Crippen molar-refractivity contribution < 1.29 is 9.47 Å². The molecule has 0 saturated heterocycles. The van der Waals surface area contributed by atoms with Crippen LogP contribution in [0, 0.1) is 0 Å². The number of para-hydroxylation sites is 2.